The highest BCUT2D eigenvalue weighted by Crippen LogP contribution is 2.48. The first kappa shape index (κ1) is 11.1. The molecule has 2 aromatic rings. The number of rotatable bonds is 2. The summed E-state index contributed by atoms with van der Waals surface area (Å²) in [4.78, 5) is 5.09. The Bertz CT molecular complexity index is 494. The smallest absolute Gasteiger partial charge is 0.0686 e. The molecule has 0 radical (unpaired) electrons. The quantitative estimate of drug-likeness (QED) is 0.775. The number of hydrogen-bond donors (Lipinski definition) is 0. The van der Waals surface area contributed by atoms with Crippen LogP contribution < -0.4 is 4.90 Å². The fourth-order valence-corrected chi connectivity index (χ4v) is 3.68. The van der Waals surface area contributed by atoms with Crippen molar-refractivity contribution in [3.63, 3.8) is 0 Å². The lowest BCUT2D eigenvalue weighted by molar-refractivity contribution is 1.09. The van der Waals surface area contributed by atoms with Gasteiger partial charge in [0, 0.05) is 9.79 Å². The fraction of sp³-hybridized carbons (Fsp3) is 0.143. The van der Waals surface area contributed by atoms with Gasteiger partial charge in [0.2, 0.25) is 0 Å². The molecule has 1 aliphatic heterocycles. The number of thioether (sulfide) groups is 1. The summed E-state index contributed by atoms with van der Waals surface area (Å²) in [5.41, 5.74) is 2.65. The first-order valence-corrected chi connectivity index (χ1v) is 7.73. The molecule has 0 bridgehead atoms. The van der Waals surface area contributed by atoms with Crippen LogP contribution in [0.2, 0.25) is 0 Å². The molecule has 0 fully saturated rings. The average Bonchev–Trinajstić information content (AvgIpc) is 2.39. The van der Waals surface area contributed by atoms with Crippen molar-refractivity contribution in [2.75, 3.05) is 17.0 Å². The molecular weight excluding hydrogens is 246 g/mol. The second-order valence-corrected chi connectivity index (χ2v) is 5.80. The Morgan fingerprint density at radius 2 is 1.47 bits per heavy atom. The second kappa shape index (κ2) is 4.67. The largest absolute Gasteiger partial charge is 0.330 e. The van der Waals surface area contributed by atoms with Gasteiger partial charge in [-0.2, -0.15) is 0 Å². The SMILES string of the molecule is CSCN1c2ccccc2Sc2ccccc21. The molecule has 0 unspecified atom stereocenters. The number of fused-ring (bicyclic) bond motifs is 2. The van der Waals surface area contributed by atoms with Crippen LogP contribution in [-0.2, 0) is 0 Å². The first-order valence-electron chi connectivity index (χ1n) is 5.52. The number of hydrogen-bond acceptors (Lipinski definition) is 3. The number of anilines is 2. The molecule has 0 atom stereocenters. The highest BCUT2D eigenvalue weighted by Gasteiger charge is 2.21. The molecule has 3 rings (SSSR count). The lowest BCUT2D eigenvalue weighted by Gasteiger charge is -2.32. The minimum absolute atomic E-state index is 0.995. The minimum Gasteiger partial charge on any atom is -0.330 e. The first-order chi connectivity index (χ1) is 8.40. The van der Waals surface area contributed by atoms with Gasteiger partial charge in [0.15, 0.2) is 0 Å². The van der Waals surface area contributed by atoms with Crippen LogP contribution in [0.1, 0.15) is 0 Å². The van der Waals surface area contributed by atoms with E-state index in [-0.39, 0.29) is 0 Å². The van der Waals surface area contributed by atoms with Crippen molar-refractivity contribution in [1.29, 1.82) is 0 Å². The van der Waals surface area contributed by atoms with Crippen LogP contribution in [0.25, 0.3) is 0 Å². The van der Waals surface area contributed by atoms with Crippen LogP contribution in [0.15, 0.2) is 58.3 Å². The molecule has 1 nitrogen and oxygen atoms in total. The fourth-order valence-electron chi connectivity index (χ4n) is 2.05. The molecule has 0 amide bonds. The van der Waals surface area contributed by atoms with Crippen LogP contribution >= 0.6 is 23.5 Å². The molecule has 1 aliphatic rings. The van der Waals surface area contributed by atoms with Crippen LogP contribution in [0.5, 0.6) is 0 Å². The van der Waals surface area contributed by atoms with Gasteiger partial charge < -0.3 is 4.90 Å². The Balaban J connectivity index is 2.13. The van der Waals surface area contributed by atoms with Crippen LogP contribution in [-0.4, -0.2) is 12.1 Å². The number of nitrogens with zero attached hydrogens (tertiary/aromatic N) is 1. The Morgan fingerprint density at radius 3 is 2.00 bits per heavy atom. The molecule has 0 aliphatic carbocycles. The molecule has 17 heavy (non-hydrogen) atoms. The molecule has 0 N–H and O–H groups in total. The standard InChI is InChI=1S/C14H13NS2/c1-16-10-15-11-6-2-4-8-13(11)17-14-9-5-3-7-12(14)15/h2-9H,10H2,1H3. The van der Waals surface area contributed by atoms with Crippen molar-refractivity contribution in [3.8, 4) is 0 Å². The third-order valence-electron chi connectivity index (χ3n) is 2.79. The summed E-state index contributed by atoms with van der Waals surface area (Å²) in [5, 5.41) is 0. The summed E-state index contributed by atoms with van der Waals surface area (Å²) in [6.07, 6.45) is 2.15. The topological polar surface area (TPSA) is 3.24 Å². The maximum absolute atomic E-state index is 2.39. The van der Waals surface area contributed by atoms with E-state index in [1.54, 1.807) is 0 Å². The third-order valence-corrected chi connectivity index (χ3v) is 4.44. The van der Waals surface area contributed by atoms with Gasteiger partial charge in [-0.15, -0.1) is 11.8 Å². The van der Waals surface area contributed by atoms with Crippen molar-refractivity contribution < 1.29 is 0 Å². The maximum atomic E-state index is 2.39. The molecule has 2 aromatic carbocycles. The predicted molar refractivity (Wildman–Crippen MR) is 77.5 cm³/mol. The van der Waals surface area contributed by atoms with Gasteiger partial charge in [-0.3, -0.25) is 0 Å². The minimum atomic E-state index is 0.995. The summed E-state index contributed by atoms with van der Waals surface area (Å²) in [6, 6.07) is 17.2. The van der Waals surface area contributed by atoms with Crippen molar-refractivity contribution in [2.45, 2.75) is 9.79 Å². The lowest BCUT2D eigenvalue weighted by Crippen LogP contribution is -2.19. The van der Waals surface area contributed by atoms with E-state index in [0.29, 0.717) is 0 Å². The molecular formula is C14H13NS2. The van der Waals surface area contributed by atoms with Gasteiger partial charge in [0.1, 0.15) is 0 Å². The maximum Gasteiger partial charge on any atom is 0.0686 e. The third kappa shape index (κ3) is 1.94. The van der Waals surface area contributed by atoms with E-state index < -0.39 is 0 Å². The highest BCUT2D eigenvalue weighted by atomic mass is 32.2. The lowest BCUT2D eigenvalue weighted by atomic mass is 10.2. The van der Waals surface area contributed by atoms with Gasteiger partial charge in [0.25, 0.3) is 0 Å². The zero-order valence-electron chi connectivity index (χ0n) is 9.59. The molecule has 3 heteroatoms. The Labute approximate surface area is 110 Å². The monoisotopic (exact) mass is 259 g/mol. The number of benzene rings is 2. The molecule has 0 saturated carbocycles. The summed E-state index contributed by atoms with van der Waals surface area (Å²) in [6.45, 7) is 0. The van der Waals surface area contributed by atoms with Crippen LogP contribution in [0.4, 0.5) is 11.4 Å². The van der Waals surface area contributed by atoms with E-state index in [1.807, 2.05) is 23.5 Å². The van der Waals surface area contributed by atoms with Gasteiger partial charge in [-0.1, -0.05) is 36.0 Å². The Morgan fingerprint density at radius 1 is 0.941 bits per heavy atom. The van der Waals surface area contributed by atoms with Gasteiger partial charge in [-0.25, -0.2) is 0 Å². The summed E-state index contributed by atoms with van der Waals surface area (Å²) >= 11 is 3.71. The molecule has 0 aromatic heterocycles. The van der Waals surface area contributed by atoms with E-state index in [9.17, 15) is 0 Å². The zero-order chi connectivity index (χ0) is 11.7. The normalized spacial score (nSPS) is 13.1. The summed E-state index contributed by atoms with van der Waals surface area (Å²) in [7, 11) is 0. The van der Waals surface area contributed by atoms with Gasteiger partial charge in [0.05, 0.1) is 17.3 Å². The summed E-state index contributed by atoms with van der Waals surface area (Å²) < 4.78 is 0. The average molecular weight is 259 g/mol. The van der Waals surface area contributed by atoms with Crippen molar-refractivity contribution in [1.82, 2.24) is 0 Å². The van der Waals surface area contributed by atoms with Crippen molar-refractivity contribution >= 4 is 34.9 Å². The van der Waals surface area contributed by atoms with E-state index in [0.717, 1.165) is 5.88 Å². The number of para-hydroxylation sites is 2. The molecule has 0 spiro atoms. The van der Waals surface area contributed by atoms with E-state index in [1.165, 1.54) is 21.2 Å². The Hall–Kier alpha value is -1.06. The van der Waals surface area contributed by atoms with Gasteiger partial charge >= 0.3 is 0 Å². The van der Waals surface area contributed by atoms with Crippen molar-refractivity contribution in [2.24, 2.45) is 0 Å². The second-order valence-electron chi connectivity index (χ2n) is 3.88. The van der Waals surface area contributed by atoms with E-state index in [4.69, 9.17) is 0 Å². The predicted octanol–water partition coefficient (Wildman–Crippen LogP) is 4.61. The molecule has 1 heterocycles. The molecule has 86 valence electrons. The van der Waals surface area contributed by atoms with Crippen molar-refractivity contribution in [3.05, 3.63) is 48.5 Å². The zero-order valence-corrected chi connectivity index (χ0v) is 11.2. The Kier molecular flexibility index (Phi) is 3.04. The summed E-state index contributed by atoms with van der Waals surface area (Å²) in [5.74, 6) is 0.995. The van der Waals surface area contributed by atoms with Crippen LogP contribution in [0, 0.1) is 0 Å². The van der Waals surface area contributed by atoms with E-state index in [2.05, 4.69) is 59.7 Å². The van der Waals surface area contributed by atoms with Crippen LogP contribution in [0.3, 0.4) is 0 Å². The molecule has 0 saturated heterocycles. The van der Waals surface area contributed by atoms with Gasteiger partial charge in [-0.05, 0) is 30.5 Å². The van der Waals surface area contributed by atoms with E-state index >= 15 is 0 Å². The highest BCUT2D eigenvalue weighted by molar-refractivity contribution is 8.00.